The van der Waals surface area contributed by atoms with E-state index in [-0.39, 0.29) is 6.61 Å². The summed E-state index contributed by atoms with van der Waals surface area (Å²) < 4.78 is 20.9. The van der Waals surface area contributed by atoms with Gasteiger partial charge in [-0.15, -0.1) is 0 Å². The summed E-state index contributed by atoms with van der Waals surface area (Å²) in [5, 5.41) is 13.7. The number of aliphatic hydroxyl groups is 1. The van der Waals surface area contributed by atoms with Gasteiger partial charge in [-0.3, -0.25) is 0 Å². The van der Waals surface area contributed by atoms with Crippen LogP contribution in [-0.2, 0) is 18.0 Å². The van der Waals surface area contributed by atoms with Gasteiger partial charge in [0.15, 0.2) is 5.76 Å². The number of methoxy groups -OCH3 is 2. The summed E-state index contributed by atoms with van der Waals surface area (Å²) in [6.45, 7) is 2.28. The highest BCUT2D eigenvalue weighted by Crippen LogP contribution is 2.30. The van der Waals surface area contributed by atoms with Crippen LogP contribution in [0.1, 0.15) is 30.0 Å². The number of rotatable bonds is 7. The average molecular weight is 293 g/mol. The van der Waals surface area contributed by atoms with E-state index in [2.05, 4.69) is 5.16 Å². The molecule has 1 unspecified atom stereocenters. The van der Waals surface area contributed by atoms with Crippen LogP contribution in [0.5, 0.6) is 11.5 Å². The lowest BCUT2D eigenvalue weighted by molar-refractivity contribution is 0.155. The molecule has 0 aliphatic carbocycles. The van der Waals surface area contributed by atoms with Crippen molar-refractivity contribution >= 4 is 0 Å². The molecule has 1 aromatic carbocycles. The maximum absolute atomic E-state index is 9.77. The molecule has 0 fully saturated rings. The van der Waals surface area contributed by atoms with Crippen molar-refractivity contribution in [2.45, 2.75) is 26.2 Å². The lowest BCUT2D eigenvalue weighted by atomic mass is 10.1. The zero-order chi connectivity index (χ0) is 15.2. The van der Waals surface area contributed by atoms with Gasteiger partial charge < -0.3 is 23.8 Å². The van der Waals surface area contributed by atoms with Gasteiger partial charge in [0.2, 0.25) is 0 Å². The van der Waals surface area contributed by atoms with Crippen LogP contribution in [0.15, 0.2) is 28.8 Å². The first-order valence-corrected chi connectivity index (χ1v) is 6.56. The fourth-order valence-corrected chi connectivity index (χ4v) is 1.90. The topological polar surface area (TPSA) is 74.0 Å². The molecule has 1 heterocycles. The summed E-state index contributed by atoms with van der Waals surface area (Å²) in [5.74, 6) is 1.85. The van der Waals surface area contributed by atoms with Crippen molar-refractivity contribution in [3.05, 3.63) is 41.3 Å². The van der Waals surface area contributed by atoms with Crippen molar-refractivity contribution in [3.8, 4) is 11.5 Å². The van der Waals surface area contributed by atoms with E-state index in [4.69, 9.17) is 18.7 Å². The van der Waals surface area contributed by atoms with Crippen LogP contribution in [0.2, 0.25) is 0 Å². The highest BCUT2D eigenvalue weighted by atomic mass is 16.5. The van der Waals surface area contributed by atoms with E-state index in [9.17, 15) is 5.11 Å². The normalized spacial score (nSPS) is 12.2. The second-order valence-electron chi connectivity index (χ2n) is 4.59. The van der Waals surface area contributed by atoms with Crippen molar-refractivity contribution < 1.29 is 23.8 Å². The standard InChI is InChI=1S/C15H19NO5/c1-10(17)14-5-4-12(19-3)7-15(14)20-8-11-6-13(9-18-2)21-16-11/h4-7,10,17H,8-9H2,1-3H3. The van der Waals surface area contributed by atoms with Crippen LogP contribution in [0, 0.1) is 0 Å². The minimum absolute atomic E-state index is 0.236. The Labute approximate surface area is 123 Å². The number of hydrogen-bond acceptors (Lipinski definition) is 6. The van der Waals surface area contributed by atoms with Gasteiger partial charge in [0.05, 0.1) is 13.2 Å². The van der Waals surface area contributed by atoms with Crippen molar-refractivity contribution in [1.29, 1.82) is 0 Å². The molecule has 6 heteroatoms. The third kappa shape index (κ3) is 3.96. The van der Waals surface area contributed by atoms with Gasteiger partial charge in [-0.25, -0.2) is 0 Å². The second kappa shape index (κ2) is 7.10. The Morgan fingerprint density at radius 3 is 2.71 bits per heavy atom. The molecule has 0 bridgehead atoms. The molecule has 0 aliphatic rings. The van der Waals surface area contributed by atoms with Crippen molar-refractivity contribution in [3.63, 3.8) is 0 Å². The molecule has 0 saturated heterocycles. The second-order valence-corrected chi connectivity index (χ2v) is 4.59. The predicted molar refractivity (Wildman–Crippen MR) is 75.2 cm³/mol. The number of aliphatic hydroxyl groups excluding tert-OH is 1. The summed E-state index contributed by atoms with van der Waals surface area (Å²) >= 11 is 0. The number of ether oxygens (including phenoxy) is 3. The SMILES string of the molecule is COCc1cc(COc2cc(OC)ccc2C(C)O)no1. The molecule has 0 radical (unpaired) electrons. The van der Waals surface area contributed by atoms with Gasteiger partial charge in [0.25, 0.3) is 0 Å². The molecule has 0 aliphatic heterocycles. The van der Waals surface area contributed by atoms with Gasteiger partial charge in [-0.2, -0.15) is 0 Å². The monoisotopic (exact) mass is 293 g/mol. The van der Waals surface area contributed by atoms with E-state index < -0.39 is 6.10 Å². The van der Waals surface area contributed by atoms with Crippen LogP contribution >= 0.6 is 0 Å². The van der Waals surface area contributed by atoms with E-state index in [1.807, 2.05) is 0 Å². The molecule has 1 N–H and O–H groups in total. The van der Waals surface area contributed by atoms with Crippen molar-refractivity contribution in [1.82, 2.24) is 5.16 Å². The molecular weight excluding hydrogens is 274 g/mol. The smallest absolute Gasteiger partial charge is 0.162 e. The van der Waals surface area contributed by atoms with E-state index in [1.165, 1.54) is 0 Å². The summed E-state index contributed by atoms with van der Waals surface area (Å²) in [7, 11) is 3.17. The zero-order valence-electron chi connectivity index (χ0n) is 12.3. The Balaban J connectivity index is 2.10. The van der Waals surface area contributed by atoms with Gasteiger partial charge in [0.1, 0.15) is 30.4 Å². The molecule has 2 rings (SSSR count). The molecule has 0 spiro atoms. The van der Waals surface area contributed by atoms with Crippen LogP contribution < -0.4 is 9.47 Å². The maximum atomic E-state index is 9.77. The molecule has 0 amide bonds. The molecular formula is C15H19NO5. The van der Waals surface area contributed by atoms with Gasteiger partial charge in [0, 0.05) is 24.8 Å². The number of nitrogens with zero attached hydrogens (tertiary/aromatic N) is 1. The molecule has 21 heavy (non-hydrogen) atoms. The molecule has 1 atom stereocenters. The Kier molecular flexibility index (Phi) is 5.19. The molecule has 114 valence electrons. The number of benzene rings is 1. The van der Waals surface area contributed by atoms with E-state index in [0.29, 0.717) is 35.1 Å². The molecule has 0 saturated carbocycles. The summed E-state index contributed by atoms with van der Waals surface area (Å²) in [5.41, 5.74) is 1.35. The minimum atomic E-state index is -0.632. The Morgan fingerprint density at radius 2 is 2.05 bits per heavy atom. The first kappa shape index (κ1) is 15.3. The highest BCUT2D eigenvalue weighted by Gasteiger charge is 2.12. The number of aromatic nitrogens is 1. The summed E-state index contributed by atoms with van der Waals surface area (Å²) in [6.07, 6.45) is -0.632. The van der Waals surface area contributed by atoms with Crippen molar-refractivity contribution in [2.24, 2.45) is 0 Å². The van der Waals surface area contributed by atoms with E-state index in [1.54, 1.807) is 45.4 Å². The van der Waals surface area contributed by atoms with Crippen molar-refractivity contribution in [2.75, 3.05) is 14.2 Å². The largest absolute Gasteiger partial charge is 0.497 e. The first-order chi connectivity index (χ1) is 10.1. The third-order valence-electron chi connectivity index (χ3n) is 2.94. The lowest BCUT2D eigenvalue weighted by Gasteiger charge is -2.13. The number of hydrogen-bond donors (Lipinski definition) is 1. The average Bonchev–Trinajstić information content (AvgIpc) is 2.92. The predicted octanol–water partition coefficient (Wildman–Crippen LogP) is 2.46. The zero-order valence-corrected chi connectivity index (χ0v) is 12.3. The van der Waals surface area contributed by atoms with Gasteiger partial charge in [-0.1, -0.05) is 5.16 Å². The fraction of sp³-hybridized carbons (Fsp3) is 0.400. The van der Waals surface area contributed by atoms with Crippen LogP contribution in [0.4, 0.5) is 0 Å². The molecule has 1 aromatic heterocycles. The van der Waals surface area contributed by atoms with Crippen LogP contribution in [-0.4, -0.2) is 24.5 Å². The Morgan fingerprint density at radius 1 is 1.24 bits per heavy atom. The molecule has 2 aromatic rings. The van der Waals surface area contributed by atoms with E-state index >= 15 is 0 Å². The van der Waals surface area contributed by atoms with Crippen LogP contribution in [0.3, 0.4) is 0 Å². The lowest BCUT2D eigenvalue weighted by Crippen LogP contribution is -2.01. The summed E-state index contributed by atoms with van der Waals surface area (Å²) in [6, 6.07) is 7.06. The van der Waals surface area contributed by atoms with Gasteiger partial charge >= 0.3 is 0 Å². The Hall–Kier alpha value is -2.05. The van der Waals surface area contributed by atoms with Crippen LogP contribution in [0.25, 0.3) is 0 Å². The Bertz CT molecular complexity index is 579. The quantitative estimate of drug-likeness (QED) is 0.845. The van der Waals surface area contributed by atoms with E-state index in [0.717, 1.165) is 0 Å². The summed E-state index contributed by atoms with van der Waals surface area (Å²) in [4.78, 5) is 0. The highest BCUT2D eigenvalue weighted by molar-refractivity contribution is 5.41. The maximum Gasteiger partial charge on any atom is 0.162 e. The van der Waals surface area contributed by atoms with Gasteiger partial charge in [-0.05, 0) is 19.1 Å². The minimum Gasteiger partial charge on any atom is -0.497 e. The fourth-order valence-electron chi connectivity index (χ4n) is 1.90. The molecule has 6 nitrogen and oxygen atoms in total. The third-order valence-corrected chi connectivity index (χ3v) is 2.94. The first-order valence-electron chi connectivity index (χ1n) is 6.56.